The number of amides is 1. The van der Waals surface area contributed by atoms with Crippen LogP contribution in [0.2, 0.25) is 5.02 Å². The topological polar surface area (TPSA) is 113 Å². The number of anilines is 2. The number of nitrogens with one attached hydrogen (secondary N) is 2. The zero-order chi connectivity index (χ0) is 29.0. The highest BCUT2D eigenvalue weighted by atomic mass is 35.5. The number of hydrogen-bond acceptors (Lipinski definition) is 9. The zero-order valence-electron chi connectivity index (χ0n) is 23.0. The first-order valence-electron chi connectivity index (χ1n) is 12.9. The van der Waals surface area contributed by atoms with E-state index in [1.54, 1.807) is 43.8 Å². The molecule has 0 bridgehead atoms. The van der Waals surface area contributed by atoms with Gasteiger partial charge in [-0.25, -0.2) is 13.4 Å². The van der Waals surface area contributed by atoms with Crippen molar-refractivity contribution in [3.05, 3.63) is 71.2 Å². The van der Waals surface area contributed by atoms with Gasteiger partial charge in [-0.05, 0) is 54.6 Å². The van der Waals surface area contributed by atoms with Crippen LogP contribution in [0.5, 0.6) is 11.5 Å². The number of carbonyl (C=O) groups excluding carboxylic acids is 1. The lowest BCUT2D eigenvalue weighted by molar-refractivity contribution is 0.0948. The standard InChI is InChI=1S/C28H30ClN5O5S2.ClH/c1-38-23-10-11-24-25(26(23)39-2)31-28(40-24)34-16-14-33(15-17-34)13-12-30-27(35)19-4-3-5-21(18-19)32-41(36,37)22-8-6-20(29)7-9-22;/h3-11,18,32H,12-17H2,1-2H3,(H,30,35);1H. The molecular formula is C28H31Cl2N5O5S2. The number of rotatable bonds is 10. The number of carbonyl (C=O) groups is 1. The highest BCUT2D eigenvalue weighted by molar-refractivity contribution is 7.92. The molecule has 0 atom stereocenters. The molecule has 1 fully saturated rings. The molecule has 1 aliphatic rings. The molecule has 1 amide bonds. The number of aromatic nitrogens is 1. The summed E-state index contributed by atoms with van der Waals surface area (Å²) in [5, 5.41) is 4.33. The Morgan fingerprint density at radius 3 is 2.45 bits per heavy atom. The second-order valence-electron chi connectivity index (χ2n) is 9.37. The first-order valence-corrected chi connectivity index (χ1v) is 15.6. The molecule has 0 radical (unpaired) electrons. The minimum absolute atomic E-state index is 0. The number of halogens is 2. The van der Waals surface area contributed by atoms with Gasteiger partial charge in [0.05, 0.1) is 23.8 Å². The molecule has 0 saturated carbocycles. The van der Waals surface area contributed by atoms with Crippen molar-refractivity contribution in [3.8, 4) is 11.5 Å². The van der Waals surface area contributed by atoms with E-state index in [4.69, 9.17) is 26.1 Å². The predicted octanol–water partition coefficient (Wildman–Crippen LogP) is 4.74. The number of ether oxygens (including phenoxy) is 2. The van der Waals surface area contributed by atoms with E-state index in [9.17, 15) is 13.2 Å². The van der Waals surface area contributed by atoms with Crippen molar-refractivity contribution in [2.75, 3.05) is 63.1 Å². The summed E-state index contributed by atoms with van der Waals surface area (Å²) in [6.45, 7) is 4.50. The highest BCUT2D eigenvalue weighted by Gasteiger charge is 2.22. The molecule has 2 heterocycles. The molecule has 1 aromatic heterocycles. The van der Waals surface area contributed by atoms with E-state index >= 15 is 0 Å². The van der Waals surface area contributed by atoms with Gasteiger partial charge in [0.25, 0.3) is 15.9 Å². The Labute approximate surface area is 260 Å². The molecule has 42 heavy (non-hydrogen) atoms. The van der Waals surface area contributed by atoms with Gasteiger partial charge in [0, 0.05) is 55.5 Å². The van der Waals surface area contributed by atoms with E-state index in [0.29, 0.717) is 40.9 Å². The van der Waals surface area contributed by atoms with E-state index < -0.39 is 10.0 Å². The minimum Gasteiger partial charge on any atom is -0.493 e. The van der Waals surface area contributed by atoms with Crippen LogP contribution in [0.4, 0.5) is 10.8 Å². The summed E-state index contributed by atoms with van der Waals surface area (Å²) in [5.41, 5.74) is 1.47. The average molecular weight is 653 g/mol. The van der Waals surface area contributed by atoms with Gasteiger partial charge in [0.15, 0.2) is 16.6 Å². The van der Waals surface area contributed by atoms with E-state index in [0.717, 1.165) is 41.5 Å². The third kappa shape index (κ3) is 7.19. The van der Waals surface area contributed by atoms with Crippen LogP contribution in [0.1, 0.15) is 10.4 Å². The number of thiazole rings is 1. The Morgan fingerprint density at radius 1 is 1.02 bits per heavy atom. The van der Waals surface area contributed by atoms with Crippen molar-refractivity contribution < 1.29 is 22.7 Å². The smallest absolute Gasteiger partial charge is 0.261 e. The summed E-state index contributed by atoms with van der Waals surface area (Å²) in [6, 6.07) is 16.2. The van der Waals surface area contributed by atoms with Crippen LogP contribution in [0.3, 0.4) is 0 Å². The summed E-state index contributed by atoms with van der Waals surface area (Å²) in [5.74, 6) is 1.04. The maximum atomic E-state index is 12.8. The molecule has 14 heteroatoms. The second kappa shape index (κ2) is 13.8. The maximum absolute atomic E-state index is 12.8. The van der Waals surface area contributed by atoms with E-state index in [2.05, 4.69) is 19.8 Å². The summed E-state index contributed by atoms with van der Waals surface area (Å²) >= 11 is 7.49. The van der Waals surface area contributed by atoms with Crippen molar-refractivity contribution in [2.45, 2.75) is 4.90 Å². The monoisotopic (exact) mass is 651 g/mol. The molecule has 5 rings (SSSR count). The third-order valence-corrected chi connectivity index (χ3v) is 9.48. The fourth-order valence-corrected chi connectivity index (χ4v) is 6.77. The molecule has 2 N–H and O–H groups in total. The van der Waals surface area contributed by atoms with Crippen molar-refractivity contribution in [2.24, 2.45) is 0 Å². The first kappa shape index (κ1) is 31.6. The number of sulfonamides is 1. The van der Waals surface area contributed by atoms with Crippen molar-refractivity contribution in [1.29, 1.82) is 0 Å². The number of methoxy groups -OCH3 is 2. The Hall–Kier alpha value is -3.29. The Balaban J connectivity index is 0.00000405. The van der Waals surface area contributed by atoms with Crippen molar-refractivity contribution in [3.63, 3.8) is 0 Å². The fraction of sp³-hybridized carbons (Fsp3) is 0.286. The van der Waals surface area contributed by atoms with E-state index in [1.165, 1.54) is 30.3 Å². The van der Waals surface area contributed by atoms with Crippen LogP contribution in [0.15, 0.2) is 65.6 Å². The van der Waals surface area contributed by atoms with Gasteiger partial charge in [0.2, 0.25) is 0 Å². The van der Waals surface area contributed by atoms with Crippen molar-refractivity contribution in [1.82, 2.24) is 15.2 Å². The summed E-state index contributed by atoms with van der Waals surface area (Å²) in [7, 11) is -0.575. The largest absolute Gasteiger partial charge is 0.493 e. The van der Waals surface area contributed by atoms with Crippen LogP contribution in [-0.2, 0) is 10.0 Å². The summed E-state index contributed by atoms with van der Waals surface area (Å²) in [6.07, 6.45) is 0. The second-order valence-corrected chi connectivity index (χ2v) is 12.5. The number of piperazine rings is 1. The minimum atomic E-state index is -3.81. The number of fused-ring (bicyclic) bond motifs is 1. The van der Waals surface area contributed by atoms with Gasteiger partial charge in [-0.3, -0.25) is 14.4 Å². The van der Waals surface area contributed by atoms with Crippen LogP contribution < -0.4 is 24.4 Å². The highest BCUT2D eigenvalue weighted by Crippen LogP contribution is 2.40. The number of nitrogens with zero attached hydrogens (tertiary/aromatic N) is 3. The van der Waals surface area contributed by atoms with Gasteiger partial charge in [-0.2, -0.15) is 0 Å². The lowest BCUT2D eigenvalue weighted by Crippen LogP contribution is -2.48. The van der Waals surface area contributed by atoms with Gasteiger partial charge in [-0.15, -0.1) is 12.4 Å². The van der Waals surface area contributed by atoms with Crippen LogP contribution in [0.25, 0.3) is 10.2 Å². The summed E-state index contributed by atoms with van der Waals surface area (Å²) < 4.78 is 39.8. The van der Waals surface area contributed by atoms with Gasteiger partial charge in [-0.1, -0.05) is 29.0 Å². The van der Waals surface area contributed by atoms with Crippen LogP contribution >= 0.6 is 35.3 Å². The van der Waals surface area contributed by atoms with Crippen LogP contribution in [-0.4, -0.2) is 77.7 Å². The zero-order valence-corrected chi connectivity index (χ0v) is 26.2. The Kier molecular flexibility index (Phi) is 10.4. The Bertz CT molecular complexity index is 1640. The predicted molar refractivity (Wildman–Crippen MR) is 170 cm³/mol. The third-order valence-electron chi connectivity index (χ3n) is 6.75. The number of hydrogen-bond donors (Lipinski definition) is 2. The molecule has 0 unspecified atom stereocenters. The molecule has 3 aromatic carbocycles. The molecule has 0 spiro atoms. The van der Waals surface area contributed by atoms with Gasteiger partial charge >= 0.3 is 0 Å². The fourth-order valence-electron chi connectivity index (χ4n) is 4.58. The maximum Gasteiger partial charge on any atom is 0.261 e. The molecule has 1 aliphatic heterocycles. The van der Waals surface area contributed by atoms with E-state index in [-0.39, 0.29) is 23.2 Å². The van der Waals surface area contributed by atoms with Crippen molar-refractivity contribution >= 4 is 72.3 Å². The normalized spacial score (nSPS) is 13.8. The average Bonchev–Trinajstić information content (AvgIpc) is 3.41. The number of benzene rings is 3. The van der Waals surface area contributed by atoms with Gasteiger partial charge < -0.3 is 19.7 Å². The molecule has 10 nitrogen and oxygen atoms in total. The Morgan fingerprint density at radius 2 is 1.76 bits per heavy atom. The SMILES string of the molecule is COc1ccc2sc(N3CCN(CCNC(=O)c4cccc(NS(=O)(=O)c5ccc(Cl)cc5)c4)CC3)nc2c1OC.Cl. The van der Waals surface area contributed by atoms with Gasteiger partial charge in [0.1, 0.15) is 5.52 Å². The lowest BCUT2D eigenvalue weighted by atomic mass is 10.2. The molecule has 224 valence electrons. The summed E-state index contributed by atoms with van der Waals surface area (Å²) in [4.78, 5) is 22.2. The van der Waals surface area contributed by atoms with Crippen LogP contribution in [0, 0.1) is 0 Å². The lowest BCUT2D eigenvalue weighted by Gasteiger charge is -2.34. The quantitative estimate of drug-likeness (QED) is 0.253. The first-order chi connectivity index (χ1) is 19.8. The molecule has 0 aliphatic carbocycles. The molecular weight excluding hydrogens is 621 g/mol. The molecule has 4 aromatic rings. The van der Waals surface area contributed by atoms with E-state index in [1.807, 2.05) is 12.1 Å². The molecule has 1 saturated heterocycles.